The van der Waals surface area contributed by atoms with Crippen LogP contribution in [0.25, 0.3) is 0 Å². The Morgan fingerprint density at radius 2 is 1.48 bits per heavy atom. The van der Waals surface area contributed by atoms with Crippen LogP contribution in [-0.4, -0.2) is 9.17 Å². The fraction of sp³-hybridized carbons (Fsp3) is 0.625. The monoisotopic (exact) mass is 388 g/mol. The predicted octanol–water partition coefficient (Wildman–Crippen LogP) is 7.46. The summed E-state index contributed by atoms with van der Waals surface area (Å²) in [5.74, 6) is 0. The molecule has 0 spiro atoms. The van der Waals surface area contributed by atoms with Gasteiger partial charge in [-0.25, -0.2) is 0 Å². The fourth-order valence-electron chi connectivity index (χ4n) is 2.33. The molecule has 0 N–H and O–H groups in total. The van der Waals surface area contributed by atoms with Crippen LogP contribution in [0.2, 0.25) is 0 Å². The lowest BCUT2D eigenvalue weighted by molar-refractivity contribution is 0.511. The fourth-order valence-corrected chi connectivity index (χ4v) is 3.90. The van der Waals surface area contributed by atoms with E-state index < -0.39 is 14.0 Å². The zero-order chi connectivity index (χ0) is 15.9. The zero-order valence-electron chi connectivity index (χ0n) is 12.1. The SMILES string of the molecule is CCCCCCCC(Cl)C(Cl)(c1ccccc1)C(Cl)(Cl)Cl. The highest BCUT2D eigenvalue weighted by atomic mass is 35.6. The molecule has 0 nitrogen and oxygen atoms in total. The van der Waals surface area contributed by atoms with Crippen molar-refractivity contribution in [1.29, 1.82) is 0 Å². The number of rotatable bonds is 8. The van der Waals surface area contributed by atoms with Gasteiger partial charge in [-0.3, -0.25) is 0 Å². The summed E-state index contributed by atoms with van der Waals surface area (Å²) >= 11 is 31.7. The van der Waals surface area contributed by atoms with Gasteiger partial charge in [0, 0.05) is 0 Å². The molecule has 0 aliphatic carbocycles. The molecule has 0 fully saturated rings. The summed E-state index contributed by atoms with van der Waals surface area (Å²) in [6.45, 7) is 2.19. The molecule has 1 rings (SSSR count). The van der Waals surface area contributed by atoms with Crippen molar-refractivity contribution in [1.82, 2.24) is 0 Å². The van der Waals surface area contributed by atoms with Crippen molar-refractivity contribution in [3.63, 3.8) is 0 Å². The van der Waals surface area contributed by atoms with Crippen LogP contribution in [-0.2, 0) is 4.87 Å². The van der Waals surface area contributed by atoms with Gasteiger partial charge < -0.3 is 0 Å². The van der Waals surface area contributed by atoms with Gasteiger partial charge in [-0.1, -0.05) is 104 Å². The van der Waals surface area contributed by atoms with E-state index >= 15 is 0 Å². The third-order valence-corrected chi connectivity index (χ3v) is 6.21. The summed E-state index contributed by atoms with van der Waals surface area (Å²) < 4.78 is -1.67. The van der Waals surface area contributed by atoms with E-state index in [4.69, 9.17) is 58.0 Å². The van der Waals surface area contributed by atoms with Gasteiger partial charge in [0.15, 0.2) is 0 Å². The quantitative estimate of drug-likeness (QED) is 0.319. The summed E-state index contributed by atoms with van der Waals surface area (Å²) in [5, 5.41) is -0.448. The summed E-state index contributed by atoms with van der Waals surface area (Å²) in [5.41, 5.74) is 0.736. The molecule has 0 aliphatic rings. The number of halogens is 5. The molecule has 5 heteroatoms. The van der Waals surface area contributed by atoms with Gasteiger partial charge in [-0.15, -0.1) is 23.2 Å². The maximum Gasteiger partial charge on any atom is 0.214 e. The summed E-state index contributed by atoms with van der Waals surface area (Å²) in [4.78, 5) is -1.23. The highest BCUT2D eigenvalue weighted by Gasteiger charge is 2.53. The number of unbranched alkanes of at least 4 members (excludes halogenated alkanes) is 4. The molecule has 2 unspecified atom stereocenters. The lowest BCUT2D eigenvalue weighted by Gasteiger charge is -2.38. The third-order valence-electron chi connectivity index (χ3n) is 3.60. The minimum absolute atomic E-state index is 0.448. The molecular formula is C16H21Cl5. The maximum absolute atomic E-state index is 6.70. The molecule has 0 aromatic heterocycles. The van der Waals surface area contributed by atoms with E-state index in [0.717, 1.165) is 24.8 Å². The second kappa shape index (κ2) is 9.08. The number of benzene rings is 1. The van der Waals surface area contributed by atoms with Crippen LogP contribution in [0.3, 0.4) is 0 Å². The van der Waals surface area contributed by atoms with Gasteiger partial charge in [0.25, 0.3) is 0 Å². The highest BCUT2D eigenvalue weighted by Crippen LogP contribution is 2.54. The van der Waals surface area contributed by atoms with E-state index in [9.17, 15) is 0 Å². The molecule has 2 atom stereocenters. The Balaban J connectivity index is 2.79. The van der Waals surface area contributed by atoms with Crippen LogP contribution >= 0.6 is 58.0 Å². The van der Waals surface area contributed by atoms with Gasteiger partial charge in [0.1, 0.15) is 4.87 Å². The van der Waals surface area contributed by atoms with Crippen LogP contribution in [0, 0.1) is 0 Å². The predicted molar refractivity (Wildman–Crippen MR) is 97.3 cm³/mol. The van der Waals surface area contributed by atoms with Gasteiger partial charge >= 0.3 is 0 Å². The zero-order valence-corrected chi connectivity index (χ0v) is 15.9. The Morgan fingerprint density at radius 3 is 2.00 bits per heavy atom. The second-order valence-electron chi connectivity index (χ2n) is 5.25. The first-order valence-corrected chi connectivity index (χ1v) is 9.24. The lowest BCUT2D eigenvalue weighted by atomic mass is 9.92. The third kappa shape index (κ3) is 5.36. The van der Waals surface area contributed by atoms with Gasteiger partial charge in [-0.05, 0) is 12.0 Å². The van der Waals surface area contributed by atoms with Crippen LogP contribution < -0.4 is 0 Å². The Hall–Kier alpha value is 0.670. The van der Waals surface area contributed by atoms with Crippen LogP contribution in [0.5, 0.6) is 0 Å². The Bertz CT molecular complexity index is 401. The lowest BCUT2D eigenvalue weighted by Crippen LogP contribution is -2.42. The molecule has 0 bridgehead atoms. The van der Waals surface area contributed by atoms with E-state index in [-0.39, 0.29) is 0 Å². The Morgan fingerprint density at radius 1 is 0.905 bits per heavy atom. The van der Waals surface area contributed by atoms with Crippen molar-refractivity contribution in [3.05, 3.63) is 35.9 Å². The average Bonchev–Trinajstić information content (AvgIpc) is 2.45. The molecule has 0 radical (unpaired) electrons. The first kappa shape index (κ1) is 19.7. The smallest absolute Gasteiger partial charge is 0.121 e. The minimum atomic E-state index is -1.67. The van der Waals surface area contributed by atoms with E-state index in [1.54, 1.807) is 0 Å². The molecule has 0 heterocycles. The van der Waals surface area contributed by atoms with Crippen molar-refractivity contribution in [2.45, 2.75) is 59.5 Å². The Kier molecular flexibility index (Phi) is 8.53. The van der Waals surface area contributed by atoms with Crippen molar-refractivity contribution < 1.29 is 0 Å². The molecule has 1 aromatic rings. The van der Waals surface area contributed by atoms with Gasteiger partial charge in [0.05, 0.1) is 5.38 Å². The summed E-state index contributed by atoms with van der Waals surface area (Å²) in [7, 11) is 0. The van der Waals surface area contributed by atoms with Crippen LogP contribution in [0.15, 0.2) is 30.3 Å². The van der Waals surface area contributed by atoms with E-state index in [2.05, 4.69) is 6.92 Å². The first-order chi connectivity index (χ1) is 9.84. The molecule has 0 saturated carbocycles. The van der Waals surface area contributed by atoms with Crippen molar-refractivity contribution in [3.8, 4) is 0 Å². The van der Waals surface area contributed by atoms with Crippen molar-refractivity contribution in [2.75, 3.05) is 0 Å². The molecule has 0 amide bonds. The summed E-state index contributed by atoms with van der Waals surface area (Å²) in [6.07, 6.45) is 6.48. The average molecular weight is 391 g/mol. The number of alkyl halides is 5. The van der Waals surface area contributed by atoms with Gasteiger partial charge in [-0.2, -0.15) is 0 Å². The van der Waals surface area contributed by atoms with E-state index in [1.807, 2.05) is 30.3 Å². The number of hydrogen-bond acceptors (Lipinski definition) is 0. The first-order valence-electron chi connectivity index (χ1n) is 7.29. The molecule has 1 aromatic carbocycles. The topological polar surface area (TPSA) is 0 Å². The van der Waals surface area contributed by atoms with E-state index in [1.165, 1.54) is 19.3 Å². The van der Waals surface area contributed by atoms with E-state index in [0.29, 0.717) is 0 Å². The second-order valence-corrected chi connectivity index (χ2v) is 8.65. The maximum atomic E-state index is 6.70. The van der Waals surface area contributed by atoms with Crippen molar-refractivity contribution >= 4 is 58.0 Å². The Labute approximate surface area is 153 Å². The molecule has 21 heavy (non-hydrogen) atoms. The summed E-state index contributed by atoms with van der Waals surface area (Å²) in [6, 6.07) is 9.33. The van der Waals surface area contributed by atoms with Crippen molar-refractivity contribution in [2.24, 2.45) is 0 Å². The highest BCUT2D eigenvalue weighted by molar-refractivity contribution is 6.71. The molecule has 120 valence electrons. The minimum Gasteiger partial charge on any atom is -0.121 e. The molecule has 0 aliphatic heterocycles. The standard InChI is InChI=1S/C16H21Cl5/c1-2-3-4-5-9-12-14(17)15(18,16(19,20)21)13-10-7-6-8-11-13/h6-8,10-11,14H,2-5,9,12H2,1H3. The molecule has 0 saturated heterocycles. The number of hydrogen-bond donors (Lipinski definition) is 0. The normalized spacial score (nSPS) is 16.5. The molecular weight excluding hydrogens is 369 g/mol. The largest absolute Gasteiger partial charge is 0.214 e. The van der Waals surface area contributed by atoms with Gasteiger partial charge in [0.2, 0.25) is 3.79 Å². The van der Waals surface area contributed by atoms with Crippen LogP contribution in [0.1, 0.15) is 51.0 Å². The van der Waals surface area contributed by atoms with Crippen LogP contribution in [0.4, 0.5) is 0 Å².